The van der Waals surface area contributed by atoms with E-state index >= 15 is 0 Å². The van der Waals surface area contributed by atoms with Crippen LogP contribution in [-0.2, 0) is 10.0 Å². The highest BCUT2D eigenvalue weighted by atomic mass is 32.2. The van der Waals surface area contributed by atoms with Gasteiger partial charge < -0.3 is 14.5 Å². The zero-order valence-corrected chi connectivity index (χ0v) is 17.2. The molecule has 0 bridgehead atoms. The van der Waals surface area contributed by atoms with Gasteiger partial charge >= 0.3 is 0 Å². The van der Waals surface area contributed by atoms with Crippen molar-refractivity contribution >= 4 is 21.4 Å². The second kappa shape index (κ2) is 7.78. The van der Waals surface area contributed by atoms with Crippen molar-refractivity contribution in [2.24, 2.45) is 0 Å². The summed E-state index contributed by atoms with van der Waals surface area (Å²) in [6.07, 6.45) is 0. The fraction of sp³-hybridized carbons (Fsp3) is 0.400. The van der Waals surface area contributed by atoms with Gasteiger partial charge in [-0.3, -0.25) is 4.31 Å². The molecule has 2 aromatic carbocycles. The molecule has 146 valence electrons. The molecule has 27 heavy (non-hydrogen) atoms. The quantitative estimate of drug-likeness (QED) is 0.760. The van der Waals surface area contributed by atoms with Gasteiger partial charge in [0.05, 0.1) is 25.0 Å². The molecule has 2 aromatic rings. The van der Waals surface area contributed by atoms with E-state index in [0.717, 1.165) is 24.3 Å². The minimum Gasteiger partial charge on any atom is -0.495 e. The van der Waals surface area contributed by atoms with Crippen LogP contribution < -0.4 is 13.9 Å². The minimum absolute atomic E-state index is 0.210. The number of aryl methyl sites for hydroxylation is 1. The summed E-state index contributed by atoms with van der Waals surface area (Å²) in [7, 11) is 1.85. The van der Waals surface area contributed by atoms with Gasteiger partial charge in [-0.05, 0) is 50.8 Å². The summed E-state index contributed by atoms with van der Waals surface area (Å²) < 4.78 is 33.8. The molecule has 0 aliphatic carbocycles. The Morgan fingerprint density at radius 2 is 1.78 bits per heavy atom. The lowest BCUT2D eigenvalue weighted by molar-refractivity contribution is 0.402. The lowest BCUT2D eigenvalue weighted by Crippen LogP contribution is -2.45. The second-order valence-corrected chi connectivity index (χ2v) is 8.84. The fourth-order valence-electron chi connectivity index (χ4n) is 3.30. The Morgan fingerprint density at radius 3 is 2.44 bits per heavy atom. The van der Waals surface area contributed by atoms with Crippen molar-refractivity contribution in [3.05, 3.63) is 48.0 Å². The number of fused-ring (bicyclic) bond motifs is 1. The summed E-state index contributed by atoms with van der Waals surface area (Å²) in [6, 6.07) is 12.9. The van der Waals surface area contributed by atoms with Gasteiger partial charge in [-0.25, -0.2) is 8.42 Å². The van der Waals surface area contributed by atoms with Gasteiger partial charge in [0.1, 0.15) is 10.6 Å². The first-order valence-electron chi connectivity index (χ1n) is 9.00. The molecule has 0 saturated carbocycles. The standard InChI is InChI=1S/C20H27N3O3S/c1-16-9-10-19(26-4)20(15-16)27(24,25)23-14-13-22(12-11-21(2)3)17-7-5-6-8-18(17)23/h5-10,15H,11-14H2,1-4H3. The number of methoxy groups -OCH3 is 1. The molecule has 0 N–H and O–H groups in total. The van der Waals surface area contributed by atoms with Gasteiger partial charge in [-0.1, -0.05) is 18.2 Å². The molecular weight excluding hydrogens is 362 g/mol. The van der Waals surface area contributed by atoms with Crippen LogP contribution in [0.25, 0.3) is 0 Å². The number of ether oxygens (including phenoxy) is 1. The third kappa shape index (κ3) is 3.89. The van der Waals surface area contributed by atoms with Gasteiger partial charge in [-0.2, -0.15) is 0 Å². The number of hydrogen-bond donors (Lipinski definition) is 0. The summed E-state index contributed by atoms with van der Waals surface area (Å²) in [5.41, 5.74) is 2.54. The van der Waals surface area contributed by atoms with Gasteiger partial charge in [0, 0.05) is 19.6 Å². The number of hydrogen-bond acceptors (Lipinski definition) is 5. The highest BCUT2D eigenvalue weighted by molar-refractivity contribution is 7.93. The van der Waals surface area contributed by atoms with E-state index in [1.165, 1.54) is 11.4 Å². The Hall–Kier alpha value is -2.25. The van der Waals surface area contributed by atoms with E-state index < -0.39 is 10.0 Å². The van der Waals surface area contributed by atoms with Crippen LogP contribution in [-0.4, -0.2) is 60.7 Å². The molecule has 1 aliphatic heterocycles. The van der Waals surface area contributed by atoms with E-state index in [1.807, 2.05) is 51.4 Å². The summed E-state index contributed by atoms with van der Waals surface area (Å²) in [5.74, 6) is 0.369. The Labute approximate surface area is 162 Å². The normalized spacial score (nSPS) is 14.4. The highest BCUT2D eigenvalue weighted by Gasteiger charge is 2.33. The maximum atomic E-state index is 13.5. The van der Waals surface area contributed by atoms with Crippen LogP contribution in [0.15, 0.2) is 47.4 Å². The maximum absolute atomic E-state index is 13.5. The SMILES string of the molecule is COc1ccc(C)cc1S(=O)(=O)N1CCN(CCN(C)C)c2ccccc21. The number of para-hydroxylation sites is 2. The van der Waals surface area contributed by atoms with Crippen molar-refractivity contribution in [3.63, 3.8) is 0 Å². The molecule has 3 rings (SSSR count). The van der Waals surface area contributed by atoms with Crippen molar-refractivity contribution in [2.45, 2.75) is 11.8 Å². The second-order valence-electron chi connectivity index (χ2n) is 7.01. The monoisotopic (exact) mass is 389 g/mol. The van der Waals surface area contributed by atoms with Crippen LogP contribution in [0, 0.1) is 6.92 Å². The first kappa shape index (κ1) is 19.5. The maximum Gasteiger partial charge on any atom is 0.268 e. The zero-order valence-electron chi connectivity index (χ0n) is 16.3. The first-order chi connectivity index (χ1) is 12.8. The number of likely N-dealkylation sites (N-methyl/N-ethyl adjacent to an activating group) is 1. The van der Waals surface area contributed by atoms with E-state index in [4.69, 9.17) is 4.74 Å². The molecule has 0 amide bonds. The molecule has 0 radical (unpaired) electrons. The average molecular weight is 390 g/mol. The number of rotatable bonds is 6. The molecule has 7 heteroatoms. The largest absolute Gasteiger partial charge is 0.495 e. The van der Waals surface area contributed by atoms with Crippen molar-refractivity contribution < 1.29 is 13.2 Å². The molecule has 6 nitrogen and oxygen atoms in total. The zero-order chi connectivity index (χ0) is 19.6. The third-order valence-corrected chi connectivity index (χ3v) is 6.60. The topological polar surface area (TPSA) is 53.1 Å². The third-order valence-electron chi connectivity index (χ3n) is 4.77. The smallest absolute Gasteiger partial charge is 0.268 e. The molecule has 0 aromatic heterocycles. The predicted molar refractivity (Wildman–Crippen MR) is 109 cm³/mol. The van der Waals surface area contributed by atoms with Crippen LogP contribution in [0.3, 0.4) is 0 Å². The van der Waals surface area contributed by atoms with E-state index in [1.54, 1.807) is 12.1 Å². The van der Waals surface area contributed by atoms with E-state index in [2.05, 4.69) is 9.80 Å². The molecular formula is C20H27N3O3S. The Balaban J connectivity index is 2.02. The molecule has 0 saturated heterocycles. The fourth-order valence-corrected chi connectivity index (χ4v) is 5.01. The van der Waals surface area contributed by atoms with Crippen molar-refractivity contribution in [1.82, 2.24) is 4.90 Å². The summed E-state index contributed by atoms with van der Waals surface area (Å²) in [6.45, 7) is 4.70. The Morgan fingerprint density at radius 1 is 1.07 bits per heavy atom. The lowest BCUT2D eigenvalue weighted by atomic mass is 10.2. The molecule has 1 aliphatic rings. The summed E-state index contributed by atoms with van der Waals surface area (Å²) >= 11 is 0. The van der Waals surface area contributed by atoms with Gasteiger partial charge in [0.15, 0.2) is 0 Å². The number of benzene rings is 2. The number of anilines is 2. The average Bonchev–Trinajstić information content (AvgIpc) is 2.65. The van der Waals surface area contributed by atoms with Crippen molar-refractivity contribution in [2.75, 3.05) is 56.6 Å². The lowest BCUT2D eigenvalue weighted by Gasteiger charge is -2.38. The predicted octanol–water partition coefficient (Wildman–Crippen LogP) is 2.58. The van der Waals surface area contributed by atoms with E-state index in [9.17, 15) is 8.42 Å². The van der Waals surface area contributed by atoms with Crippen LogP contribution in [0.2, 0.25) is 0 Å². The number of sulfonamides is 1. The van der Waals surface area contributed by atoms with Crippen LogP contribution >= 0.6 is 0 Å². The van der Waals surface area contributed by atoms with Gasteiger partial charge in [0.2, 0.25) is 0 Å². The highest BCUT2D eigenvalue weighted by Crippen LogP contribution is 2.38. The Kier molecular flexibility index (Phi) is 5.62. The number of nitrogens with zero attached hydrogens (tertiary/aromatic N) is 3. The first-order valence-corrected chi connectivity index (χ1v) is 10.4. The van der Waals surface area contributed by atoms with E-state index in [0.29, 0.717) is 24.5 Å². The van der Waals surface area contributed by atoms with Crippen LogP contribution in [0.1, 0.15) is 5.56 Å². The van der Waals surface area contributed by atoms with Gasteiger partial charge in [0.25, 0.3) is 10.0 Å². The summed E-state index contributed by atoms with van der Waals surface area (Å²) in [4.78, 5) is 4.58. The molecule has 0 fully saturated rings. The van der Waals surface area contributed by atoms with Crippen molar-refractivity contribution in [3.8, 4) is 5.75 Å². The van der Waals surface area contributed by atoms with Crippen LogP contribution in [0.5, 0.6) is 5.75 Å². The minimum atomic E-state index is -3.72. The molecule has 0 spiro atoms. The molecule has 0 atom stereocenters. The van der Waals surface area contributed by atoms with Crippen LogP contribution in [0.4, 0.5) is 11.4 Å². The summed E-state index contributed by atoms with van der Waals surface area (Å²) in [5, 5.41) is 0. The van der Waals surface area contributed by atoms with Crippen molar-refractivity contribution in [1.29, 1.82) is 0 Å². The van der Waals surface area contributed by atoms with E-state index in [-0.39, 0.29) is 4.90 Å². The van der Waals surface area contributed by atoms with Gasteiger partial charge in [-0.15, -0.1) is 0 Å². The Bertz CT molecular complexity index is 912. The molecule has 1 heterocycles. The molecule has 0 unspecified atom stereocenters.